The number of sulfonamides is 1. The molecule has 2 aromatic heterocycles. The van der Waals surface area contributed by atoms with Crippen LogP contribution in [0.5, 0.6) is 0 Å². The molecule has 12 heteroatoms. The minimum atomic E-state index is -3.48. The number of hydrogen-bond acceptors (Lipinski definition) is 10. The van der Waals surface area contributed by atoms with Crippen molar-refractivity contribution in [2.45, 2.75) is 16.7 Å². The number of nitrogens with zero attached hydrogens (tertiary/aromatic N) is 4. The van der Waals surface area contributed by atoms with Gasteiger partial charge in [-0.25, -0.2) is 23.4 Å². The van der Waals surface area contributed by atoms with E-state index in [4.69, 9.17) is 0 Å². The molecule has 172 valence electrons. The summed E-state index contributed by atoms with van der Waals surface area (Å²) < 4.78 is 28.2. The molecule has 0 bridgehead atoms. The molecular formula is C20H27N7O2S3. The lowest BCUT2D eigenvalue weighted by atomic mass is 10.2. The van der Waals surface area contributed by atoms with Gasteiger partial charge in [0, 0.05) is 56.6 Å². The number of aromatic nitrogens is 3. The third-order valence-electron chi connectivity index (χ3n) is 5.15. The van der Waals surface area contributed by atoms with Gasteiger partial charge in [-0.2, -0.15) is 4.31 Å². The molecule has 0 saturated carbocycles. The summed E-state index contributed by atoms with van der Waals surface area (Å²) in [5, 5.41) is 10.6. The Balaban J connectivity index is 1.35. The second-order valence-electron chi connectivity index (χ2n) is 7.62. The first-order chi connectivity index (χ1) is 15.5. The van der Waals surface area contributed by atoms with E-state index in [2.05, 4.69) is 37.8 Å². The van der Waals surface area contributed by atoms with Crippen molar-refractivity contribution < 1.29 is 8.42 Å². The van der Waals surface area contributed by atoms with Crippen LogP contribution < -0.4 is 16.0 Å². The maximum absolute atomic E-state index is 12.9. The van der Waals surface area contributed by atoms with Gasteiger partial charge in [-0.05, 0) is 30.4 Å². The summed E-state index contributed by atoms with van der Waals surface area (Å²) in [5.41, 5.74) is 0.796. The van der Waals surface area contributed by atoms with E-state index in [9.17, 15) is 8.42 Å². The highest BCUT2D eigenvalue weighted by Gasteiger charge is 2.26. The Morgan fingerprint density at radius 1 is 1.19 bits per heavy atom. The molecule has 1 saturated heterocycles. The quantitative estimate of drug-likeness (QED) is 0.387. The smallest absolute Gasteiger partial charge is 0.243 e. The van der Waals surface area contributed by atoms with Crippen molar-refractivity contribution >= 4 is 54.4 Å². The number of thiazole rings is 1. The van der Waals surface area contributed by atoms with Crippen molar-refractivity contribution in [2.24, 2.45) is 5.92 Å². The second-order valence-corrected chi connectivity index (χ2v) is 11.5. The van der Waals surface area contributed by atoms with Crippen molar-refractivity contribution in [1.82, 2.24) is 24.6 Å². The first kappa shape index (κ1) is 23.2. The highest BCUT2D eigenvalue weighted by atomic mass is 32.2. The van der Waals surface area contributed by atoms with Gasteiger partial charge in [0.15, 0.2) is 5.13 Å². The van der Waals surface area contributed by atoms with Crippen molar-refractivity contribution in [1.29, 1.82) is 0 Å². The van der Waals surface area contributed by atoms with Gasteiger partial charge in [0.25, 0.3) is 0 Å². The Kier molecular flexibility index (Phi) is 7.46. The van der Waals surface area contributed by atoms with Gasteiger partial charge in [-0.3, -0.25) is 0 Å². The molecule has 1 aromatic carbocycles. The number of thioether (sulfide) groups is 1. The van der Waals surface area contributed by atoms with Crippen LogP contribution in [0, 0.1) is 5.92 Å². The number of benzene rings is 1. The van der Waals surface area contributed by atoms with E-state index in [1.807, 2.05) is 6.26 Å². The maximum Gasteiger partial charge on any atom is 0.243 e. The molecule has 9 nitrogen and oxygen atoms in total. The summed E-state index contributed by atoms with van der Waals surface area (Å²) in [6.07, 6.45) is 5.61. The molecule has 1 fully saturated rings. The van der Waals surface area contributed by atoms with Gasteiger partial charge in [-0.1, -0.05) is 18.3 Å². The predicted octanol–water partition coefficient (Wildman–Crippen LogP) is 2.56. The molecule has 1 atom stereocenters. The van der Waals surface area contributed by atoms with E-state index in [1.54, 1.807) is 42.4 Å². The summed E-state index contributed by atoms with van der Waals surface area (Å²) in [5.74, 6) is 0.933. The van der Waals surface area contributed by atoms with E-state index in [-0.39, 0.29) is 0 Å². The zero-order chi connectivity index (χ0) is 22.6. The second kappa shape index (κ2) is 10.3. The SMILES string of the molecule is CSc1cnc(NC[C@H](C)CNc2nc3ccc(S(=O)(=O)N4CCNCC4)cc3s2)nc1. The van der Waals surface area contributed by atoms with E-state index >= 15 is 0 Å². The van der Waals surface area contributed by atoms with Crippen LogP contribution in [0.25, 0.3) is 10.2 Å². The van der Waals surface area contributed by atoms with Gasteiger partial charge >= 0.3 is 0 Å². The third-order valence-corrected chi connectivity index (χ3v) is 8.70. The maximum atomic E-state index is 12.9. The normalized spacial score (nSPS) is 16.2. The Hall–Kier alpha value is -1.99. The molecule has 4 rings (SSSR count). The summed E-state index contributed by atoms with van der Waals surface area (Å²) >= 11 is 3.08. The molecule has 0 amide bonds. The average Bonchev–Trinajstić information content (AvgIpc) is 3.24. The molecule has 3 N–H and O–H groups in total. The Morgan fingerprint density at radius 2 is 1.91 bits per heavy atom. The molecule has 1 aliphatic rings. The fraction of sp³-hybridized carbons (Fsp3) is 0.450. The van der Waals surface area contributed by atoms with Gasteiger partial charge in [0.05, 0.1) is 15.1 Å². The molecule has 0 aliphatic carbocycles. The highest BCUT2D eigenvalue weighted by molar-refractivity contribution is 7.98. The summed E-state index contributed by atoms with van der Waals surface area (Å²) in [7, 11) is -3.48. The van der Waals surface area contributed by atoms with Crippen LogP contribution in [-0.2, 0) is 10.0 Å². The number of rotatable bonds is 9. The van der Waals surface area contributed by atoms with Crippen LogP contribution in [0.4, 0.5) is 11.1 Å². The summed E-state index contributed by atoms with van der Waals surface area (Å²) in [4.78, 5) is 14.6. The lowest BCUT2D eigenvalue weighted by Crippen LogP contribution is -2.46. The molecule has 0 radical (unpaired) electrons. The predicted molar refractivity (Wildman–Crippen MR) is 131 cm³/mol. The van der Waals surface area contributed by atoms with Crippen LogP contribution in [0.3, 0.4) is 0 Å². The molecule has 1 aliphatic heterocycles. The molecule has 0 unspecified atom stereocenters. The van der Waals surface area contributed by atoms with Crippen molar-refractivity contribution in [3.63, 3.8) is 0 Å². The van der Waals surface area contributed by atoms with Crippen molar-refractivity contribution in [2.75, 3.05) is 56.2 Å². The standard InChI is InChI=1S/C20H27N7O2S3/c1-14(10-22-19-23-12-15(30-2)13-24-19)11-25-20-26-17-4-3-16(9-18(17)31-20)32(28,29)27-7-5-21-6-8-27/h3-4,9,12-14,21H,5-8,10-11H2,1-2H3,(H,25,26)(H,22,23,24)/t14-/m0/s1. The Morgan fingerprint density at radius 3 is 2.62 bits per heavy atom. The van der Waals surface area contributed by atoms with E-state index in [0.29, 0.717) is 42.9 Å². The van der Waals surface area contributed by atoms with Crippen LogP contribution in [0.15, 0.2) is 40.4 Å². The Bertz CT molecular complexity index is 1150. The van der Waals surface area contributed by atoms with E-state index < -0.39 is 10.0 Å². The number of hydrogen-bond donors (Lipinski definition) is 3. The largest absolute Gasteiger partial charge is 0.361 e. The van der Waals surface area contributed by atoms with E-state index in [1.165, 1.54) is 15.6 Å². The summed E-state index contributed by atoms with van der Waals surface area (Å²) in [6.45, 7) is 5.92. The topological polar surface area (TPSA) is 112 Å². The third kappa shape index (κ3) is 5.49. The van der Waals surface area contributed by atoms with Gasteiger partial charge in [0.1, 0.15) is 0 Å². The zero-order valence-corrected chi connectivity index (χ0v) is 20.5. The average molecular weight is 494 g/mol. The van der Waals surface area contributed by atoms with Gasteiger partial charge in [0.2, 0.25) is 16.0 Å². The number of piperazine rings is 1. The Labute approximate surface area is 196 Å². The zero-order valence-electron chi connectivity index (χ0n) is 18.0. The monoisotopic (exact) mass is 493 g/mol. The van der Waals surface area contributed by atoms with Gasteiger partial charge < -0.3 is 16.0 Å². The molecule has 3 aromatic rings. The van der Waals surface area contributed by atoms with E-state index in [0.717, 1.165) is 33.3 Å². The minimum absolute atomic E-state index is 0.314. The molecule has 3 heterocycles. The summed E-state index contributed by atoms with van der Waals surface area (Å²) in [6, 6.07) is 5.17. The van der Waals surface area contributed by atoms with Gasteiger partial charge in [-0.15, -0.1) is 11.8 Å². The van der Waals surface area contributed by atoms with Crippen LogP contribution in [-0.4, -0.2) is 73.2 Å². The number of anilines is 2. The number of nitrogens with one attached hydrogen (secondary N) is 3. The van der Waals surface area contributed by atoms with Crippen molar-refractivity contribution in [3.8, 4) is 0 Å². The molecule has 32 heavy (non-hydrogen) atoms. The first-order valence-corrected chi connectivity index (χ1v) is 13.9. The van der Waals surface area contributed by atoms with Crippen LogP contribution in [0.1, 0.15) is 6.92 Å². The fourth-order valence-corrected chi connectivity index (χ4v) is 6.06. The lowest BCUT2D eigenvalue weighted by Gasteiger charge is -2.26. The molecular weight excluding hydrogens is 466 g/mol. The van der Waals surface area contributed by atoms with Crippen molar-refractivity contribution in [3.05, 3.63) is 30.6 Å². The lowest BCUT2D eigenvalue weighted by molar-refractivity contribution is 0.360. The minimum Gasteiger partial charge on any atom is -0.361 e. The van der Waals surface area contributed by atoms with Crippen LogP contribution in [0.2, 0.25) is 0 Å². The fourth-order valence-electron chi connectivity index (χ4n) is 3.29. The molecule has 0 spiro atoms. The first-order valence-electron chi connectivity index (χ1n) is 10.4. The number of fused-ring (bicyclic) bond motifs is 1. The highest BCUT2D eigenvalue weighted by Crippen LogP contribution is 2.29. The van der Waals surface area contributed by atoms with Crippen LogP contribution >= 0.6 is 23.1 Å².